The first kappa shape index (κ1) is 10.5. The van der Waals surface area contributed by atoms with Crippen LogP contribution >= 0.6 is 15.9 Å². The Hall–Kier alpha value is -1.54. The maximum absolute atomic E-state index is 10.8. The van der Waals surface area contributed by atoms with E-state index in [-0.39, 0.29) is 22.9 Å². The molecule has 1 aromatic carbocycles. The lowest BCUT2D eigenvalue weighted by molar-refractivity contribution is -0.114. The van der Waals surface area contributed by atoms with Crippen LogP contribution in [-0.4, -0.2) is 11.0 Å². The highest BCUT2D eigenvalue weighted by molar-refractivity contribution is 9.10. The Morgan fingerprint density at radius 1 is 1.64 bits per heavy atom. The van der Waals surface area contributed by atoms with Gasteiger partial charge in [-0.25, -0.2) is 0 Å². The van der Waals surface area contributed by atoms with Crippen LogP contribution in [0.5, 0.6) is 5.75 Å². The number of aromatic hydroxyl groups is 1. The van der Waals surface area contributed by atoms with Gasteiger partial charge in [-0.2, -0.15) is 5.26 Å². The molecule has 0 saturated carbocycles. The highest BCUT2D eigenvalue weighted by Gasteiger charge is 2.12. The Morgan fingerprint density at radius 2 is 2.29 bits per heavy atom. The molecule has 0 unspecified atom stereocenters. The normalized spacial score (nSPS) is 9.21. The fraction of sp³-hybridized carbons (Fsp3) is 0.111. The van der Waals surface area contributed by atoms with Gasteiger partial charge in [0.25, 0.3) is 0 Å². The number of halogens is 1. The molecular weight excluding hydrogens is 248 g/mol. The fourth-order valence-corrected chi connectivity index (χ4v) is 1.40. The van der Waals surface area contributed by atoms with E-state index in [9.17, 15) is 9.90 Å². The topological polar surface area (TPSA) is 73.1 Å². The van der Waals surface area contributed by atoms with Crippen LogP contribution in [0.25, 0.3) is 0 Å². The molecule has 0 aliphatic rings. The van der Waals surface area contributed by atoms with Crippen molar-refractivity contribution in [2.45, 2.75) is 6.92 Å². The highest BCUT2D eigenvalue weighted by atomic mass is 79.9. The zero-order valence-electron chi connectivity index (χ0n) is 7.34. The lowest BCUT2D eigenvalue weighted by Crippen LogP contribution is -2.07. The Balaban J connectivity index is 3.31. The van der Waals surface area contributed by atoms with Crippen molar-refractivity contribution in [3.05, 3.63) is 22.2 Å². The van der Waals surface area contributed by atoms with Gasteiger partial charge in [0, 0.05) is 11.4 Å². The fourth-order valence-electron chi connectivity index (χ4n) is 0.978. The van der Waals surface area contributed by atoms with E-state index in [1.54, 1.807) is 6.07 Å². The number of hydrogen-bond acceptors (Lipinski definition) is 3. The average molecular weight is 255 g/mol. The third kappa shape index (κ3) is 2.03. The second-order valence-electron chi connectivity index (χ2n) is 2.61. The smallest absolute Gasteiger partial charge is 0.221 e. The van der Waals surface area contributed by atoms with Gasteiger partial charge in [0.05, 0.1) is 5.56 Å². The number of anilines is 1. The number of nitrogens with zero attached hydrogens (tertiary/aromatic N) is 1. The molecule has 1 aromatic rings. The van der Waals surface area contributed by atoms with Crippen LogP contribution in [0.4, 0.5) is 5.69 Å². The molecular formula is C9H7BrN2O2. The number of phenols is 1. The number of nitrogens with one attached hydrogen (secondary N) is 1. The van der Waals surface area contributed by atoms with Crippen molar-refractivity contribution in [2.24, 2.45) is 0 Å². The van der Waals surface area contributed by atoms with Gasteiger partial charge >= 0.3 is 0 Å². The van der Waals surface area contributed by atoms with E-state index < -0.39 is 0 Å². The molecule has 5 heteroatoms. The summed E-state index contributed by atoms with van der Waals surface area (Å²) in [5.41, 5.74) is 0.342. The molecule has 0 aliphatic carbocycles. The standard InChI is InChI=1S/C9H7BrN2O2/c1-5(13)12-9-6(4-11)7(10)2-3-8(9)14/h2-3,14H,1H3,(H,12,13). The van der Waals surface area contributed by atoms with Crippen molar-refractivity contribution >= 4 is 27.5 Å². The Kier molecular flexibility index (Phi) is 3.10. The highest BCUT2D eigenvalue weighted by Crippen LogP contribution is 2.32. The summed E-state index contributed by atoms with van der Waals surface area (Å²) in [7, 11) is 0. The van der Waals surface area contributed by atoms with Crippen LogP contribution in [0.3, 0.4) is 0 Å². The summed E-state index contributed by atoms with van der Waals surface area (Å²) in [6, 6.07) is 4.83. The third-order valence-electron chi connectivity index (χ3n) is 1.55. The summed E-state index contributed by atoms with van der Waals surface area (Å²) >= 11 is 3.15. The van der Waals surface area contributed by atoms with E-state index in [1.165, 1.54) is 13.0 Å². The predicted molar refractivity (Wildman–Crippen MR) is 54.8 cm³/mol. The number of carbonyl (C=O) groups is 1. The number of carbonyl (C=O) groups excluding carboxylic acids is 1. The maximum Gasteiger partial charge on any atom is 0.221 e. The van der Waals surface area contributed by atoms with Crippen molar-refractivity contribution in [2.75, 3.05) is 5.32 Å². The quantitative estimate of drug-likeness (QED) is 0.753. The van der Waals surface area contributed by atoms with Gasteiger partial charge < -0.3 is 10.4 Å². The molecule has 1 rings (SSSR count). The van der Waals surface area contributed by atoms with Gasteiger partial charge in [0.1, 0.15) is 17.5 Å². The number of phenolic OH excluding ortho intramolecular Hbond substituents is 1. The zero-order chi connectivity index (χ0) is 10.7. The van der Waals surface area contributed by atoms with Gasteiger partial charge in [-0.3, -0.25) is 4.79 Å². The summed E-state index contributed by atoms with van der Waals surface area (Å²) in [5, 5.41) is 20.6. The molecule has 0 heterocycles. The van der Waals surface area contributed by atoms with Gasteiger partial charge in [0.2, 0.25) is 5.91 Å². The number of rotatable bonds is 1. The van der Waals surface area contributed by atoms with E-state index in [0.717, 1.165) is 0 Å². The second kappa shape index (κ2) is 4.11. The minimum absolute atomic E-state index is 0.125. The Labute approximate surface area is 89.3 Å². The van der Waals surface area contributed by atoms with Crippen LogP contribution in [0.2, 0.25) is 0 Å². The molecule has 0 aromatic heterocycles. The molecule has 0 radical (unpaired) electrons. The molecule has 2 N–H and O–H groups in total. The minimum Gasteiger partial charge on any atom is -0.506 e. The van der Waals surface area contributed by atoms with E-state index >= 15 is 0 Å². The second-order valence-corrected chi connectivity index (χ2v) is 3.46. The molecule has 0 saturated heterocycles. The molecule has 0 aliphatic heterocycles. The lowest BCUT2D eigenvalue weighted by Gasteiger charge is -2.07. The first-order valence-electron chi connectivity index (χ1n) is 3.75. The molecule has 0 fully saturated rings. The summed E-state index contributed by atoms with van der Waals surface area (Å²) in [6.45, 7) is 1.31. The monoisotopic (exact) mass is 254 g/mol. The maximum atomic E-state index is 10.8. The van der Waals surface area contributed by atoms with Crippen molar-refractivity contribution in [1.29, 1.82) is 5.26 Å². The Morgan fingerprint density at radius 3 is 2.79 bits per heavy atom. The first-order valence-corrected chi connectivity index (χ1v) is 4.54. The summed E-state index contributed by atoms with van der Waals surface area (Å²) in [5.74, 6) is -0.463. The molecule has 1 amide bonds. The van der Waals surface area contributed by atoms with E-state index in [2.05, 4.69) is 21.2 Å². The van der Waals surface area contributed by atoms with Crippen molar-refractivity contribution < 1.29 is 9.90 Å². The third-order valence-corrected chi connectivity index (χ3v) is 2.21. The van der Waals surface area contributed by atoms with E-state index in [0.29, 0.717) is 4.47 Å². The zero-order valence-corrected chi connectivity index (χ0v) is 8.92. The summed E-state index contributed by atoms with van der Waals surface area (Å²) < 4.78 is 0.529. The van der Waals surface area contributed by atoms with Crippen LogP contribution in [-0.2, 0) is 4.79 Å². The molecule has 72 valence electrons. The largest absolute Gasteiger partial charge is 0.506 e. The number of amides is 1. The van der Waals surface area contributed by atoms with Crippen LogP contribution in [0, 0.1) is 11.3 Å². The molecule has 0 bridgehead atoms. The molecule has 4 nitrogen and oxygen atoms in total. The van der Waals surface area contributed by atoms with Crippen LogP contribution in [0.1, 0.15) is 12.5 Å². The number of benzene rings is 1. The van der Waals surface area contributed by atoms with Gasteiger partial charge in [-0.05, 0) is 28.1 Å². The van der Waals surface area contributed by atoms with Gasteiger partial charge in [-0.1, -0.05) is 0 Å². The lowest BCUT2D eigenvalue weighted by atomic mass is 10.2. The first-order chi connectivity index (χ1) is 6.56. The Bertz CT molecular complexity index is 424. The van der Waals surface area contributed by atoms with Crippen LogP contribution < -0.4 is 5.32 Å². The minimum atomic E-state index is -0.338. The van der Waals surface area contributed by atoms with Crippen LogP contribution in [0.15, 0.2) is 16.6 Å². The molecule has 0 spiro atoms. The SMILES string of the molecule is CC(=O)Nc1c(O)ccc(Br)c1C#N. The molecule has 0 atom stereocenters. The summed E-state index contributed by atoms with van der Waals surface area (Å²) in [6.07, 6.45) is 0. The van der Waals surface area contributed by atoms with Crippen molar-refractivity contribution in [1.82, 2.24) is 0 Å². The van der Waals surface area contributed by atoms with Crippen molar-refractivity contribution in [3.8, 4) is 11.8 Å². The van der Waals surface area contributed by atoms with Gasteiger partial charge in [-0.15, -0.1) is 0 Å². The predicted octanol–water partition coefficient (Wildman–Crippen LogP) is 1.98. The molecule has 14 heavy (non-hydrogen) atoms. The number of hydrogen-bond donors (Lipinski definition) is 2. The van der Waals surface area contributed by atoms with Gasteiger partial charge in [0.15, 0.2) is 0 Å². The van der Waals surface area contributed by atoms with E-state index in [1.807, 2.05) is 6.07 Å². The average Bonchev–Trinajstić information content (AvgIpc) is 2.11. The summed E-state index contributed by atoms with van der Waals surface area (Å²) in [4.78, 5) is 10.8. The van der Waals surface area contributed by atoms with E-state index in [4.69, 9.17) is 5.26 Å². The number of nitriles is 1. The van der Waals surface area contributed by atoms with Crippen molar-refractivity contribution in [3.63, 3.8) is 0 Å².